The van der Waals surface area contributed by atoms with Gasteiger partial charge in [-0.3, -0.25) is 4.98 Å². The summed E-state index contributed by atoms with van der Waals surface area (Å²) in [7, 11) is 0. The number of hydrogen-bond donors (Lipinski definition) is 2. The zero-order valence-corrected chi connectivity index (χ0v) is 15.5. The lowest BCUT2D eigenvalue weighted by molar-refractivity contribution is -0.00535. The molecule has 1 aliphatic heterocycles. The molecule has 150 valence electrons. The van der Waals surface area contributed by atoms with Gasteiger partial charge in [-0.05, 0) is 36.6 Å². The number of pyridine rings is 1. The SMILES string of the molecule is CC(c1ccc(-c2ccc3cnc(N)nn23)nc1)C(F)F.OC1CCCOC1. The zero-order valence-electron chi connectivity index (χ0n) is 15.5. The molecule has 0 radical (unpaired) electrons. The van der Waals surface area contributed by atoms with E-state index in [2.05, 4.69) is 15.1 Å². The Morgan fingerprint density at radius 3 is 2.61 bits per heavy atom. The smallest absolute Gasteiger partial charge is 0.245 e. The fraction of sp³-hybridized carbons (Fsp3) is 0.421. The average molecular weight is 391 g/mol. The molecule has 2 atom stereocenters. The van der Waals surface area contributed by atoms with Crippen LogP contribution in [0.1, 0.15) is 31.2 Å². The van der Waals surface area contributed by atoms with E-state index in [4.69, 9.17) is 15.6 Å². The number of nitrogens with two attached hydrogens (primary N) is 1. The van der Waals surface area contributed by atoms with Crippen molar-refractivity contribution < 1.29 is 18.6 Å². The highest BCUT2D eigenvalue weighted by atomic mass is 19.3. The molecule has 3 aromatic rings. The third-order valence-corrected chi connectivity index (χ3v) is 4.51. The van der Waals surface area contributed by atoms with E-state index in [0.717, 1.165) is 30.7 Å². The van der Waals surface area contributed by atoms with E-state index in [9.17, 15) is 8.78 Å². The van der Waals surface area contributed by atoms with Crippen LogP contribution >= 0.6 is 0 Å². The number of alkyl halides is 2. The van der Waals surface area contributed by atoms with Crippen molar-refractivity contribution in [3.05, 3.63) is 42.2 Å². The quantitative estimate of drug-likeness (QED) is 0.712. The summed E-state index contributed by atoms with van der Waals surface area (Å²) in [5.41, 5.74) is 8.24. The Balaban J connectivity index is 0.000000271. The summed E-state index contributed by atoms with van der Waals surface area (Å²) in [4.78, 5) is 8.16. The van der Waals surface area contributed by atoms with E-state index < -0.39 is 12.3 Å². The number of ether oxygens (including phenoxy) is 1. The fourth-order valence-electron chi connectivity index (χ4n) is 2.80. The minimum atomic E-state index is -2.40. The molecule has 1 aliphatic rings. The Labute approximate surface area is 161 Å². The third kappa shape index (κ3) is 4.79. The van der Waals surface area contributed by atoms with Crippen LogP contribution < -0.4 is 5.73 Å². The lowest BCUT2D eigenvalue weighted by Crippen LogP contribution is -2.21. The zero-order chi connectivity index (χ0) is 20.1. The van der Waals surface area contributed by atoms with Crippen LogP contribution in [0.3, 0.4) is 0 Å². The number of aliphatic hydroxyl groups excluding tert-OH is 1. The maximum Gasteiger partial charge on any atom is 0.245 e. The first kappa shape index (κ1) is 20.1. The number of anilines is 1. The molecule has 3 N–H and O–H groups in total. The number of nitrogens with zero attached hydrogens (tertiary/aromatic N) is 4. The van der Waals surface area contributed by atoms with Crippen molar-refractivity contribution in [2.24, 2.45) is 0 Å². The van der Waals surface area contributed by atoms with E-state index >= 15 is 0 Å². The normalized spacial score (nSPS) is 18.0. The molecule has 4 heterocycles. The summed E-state index contributed by atoms with van der Waals surface area (Å²) >= 11 is 0. The molecule has 2 unspecified atom stereocenters. The van der Waals surface area contributed by atoms with Crippen LogP contribution in [0.15, 0.2) is 36.7 Å². The molecule has 1 fully saturated rings. The first-order valence-corrected chi connectivity index (χ1v) is 9.06. The van der Waals surface area contributed by atoms with Crippen molar-refractivity contribution in [1.29, 1.82) is 0 Å². The van der Waals surface area contributed by atoms with E-state index in [-0.39, 0.29) is 12.1 Å². The summed E-state index contributed by atoms with van der Waals surface area (Å²) in [6.07, 6.45) is 2.42. The van der Waals surface area contributed by atoms with Gasteiger partial charge in [0.05, 0.1) is 35.8 Å². The molecular weight excluding hydrogens is 368 g/mol. The van der Waals surface area contributed by atoms with E-state index in [1.807, 2.05) is 12.1 Å². The van der Waals surface area contributed by atoms with Gasteiger partial charge < -0.3 is 15.6 Å². The molecule has 0 bridgehead atoms. The summed E-state index contributed by atoms with van der Waals surface area (Å²) in [5, 5.41) is 12.9. The van der Waals surface area contributed by atoms with Gasteiger partial charge in [0.1, 0.15) is 0 Å². The maximum absolute atomic E-state index is 12.7. The number of aromatic nitrogens is 4. The first-order valence-electron chi connectivity index (χ1n) is 9.06. The van der Waals surface area contributed by atoms with Gasteiger partial charge in [0.2, 0.25) is 12.4 Å². The maximum atomic E-state index is 12.7. The van der Waals surface area contributed by atoms with Crippen LogP contribution in [0.4, 0.5) is 14.7 Å². The van der Waals surface area contributed by atoms with E-state index in [1.54, 1.807) is 22.8 Å². The second-order valence-electron chi connectivity index (χ2n) is 6.64. The molecular formula is C19H23F2N5O2. The number of hydrogen-bond acceptors (Lipinski definition) is 6. The lowest BCUT2D eigenvalue weighted by atomic mass is 10.0. The highest BCUT2D eigenvalue weighted by molar-refractivity contribution is 5.63. The molecule has 1 saturated heterocycles. The highest BCUT2D eigenvalue weighted by Gasteiger charge is 2.17. The summed E-state index contributed by atoms with van der Waals surface area (Å²) < 4.78 is 31.9. The Hall–Kier alpha value is -2.65. The summed E-state index contributed by atoms with van der Waals surface area (Å²) in [6, 6.07) is 7.03. The van der Waals surface area contributed by atoms with Crippen LogP contribution in [-0.4, -0.2) is 50.4 Å². The van der Waals surface area contributed by atoms with Crippen molar-refractivity contribution in [2.75, 3.05) is 18.9 Å². The van der Waals surface area contributed by atoms with Crippen LogP contribution in [0.5, 0.6) is 0 Å². The standard InChI is InChI=1S/C14H13F2N5.C5H10O2/c1-8(13(15)16)9-2-4-11(18-6-9)12-5-3-10-7-19-14(17)20-21(10)12;6-5-2-1-3-7-4-5/h2-8,13H,1H3,(H2,17,20);5-6H,1-4H2. The summed E-state index contributed by atoms with van der Waals surface area (Å²) in [6.45, 7) is 2.85. The second kappa shape index (κ2) is 9.03. The van der Waals surface area contributed by atoms with Gasteiger partial charge >= 0.3 is 0 Å². The molecule has 0 aromatic carbocycles. The Morgan fingerprint density at radius 1 is 1.21 bits per heavy atom. The molecule has 0 spiro atoms. The van der Waals surface area contributed by atoms with Crippen molar-refractivity contribution in [2.45, 2.75) is 38.2 Å². The molecule has 7 nitrogen and oxygen atoms in total. The number of halogens is 2. The lowest BCUT2D eigenvalue weighted by Gasteiger charge is -2.15. The average Bonchev–Trinajstić information content (AvgIpc) is 3.11. The fourth-order valence-corrected chi connectivity index (χ4v) is 2.80. The molecule has 0 amide bonds. The first-order chi connectivity index (χ1) is 13.5. The highest BCUT2D eigenvalue weighted by Crippen LogP contribution is 2.25. The van der Waals surface area contributed by atoms with E-state index in [1.165, 1.54) is 13.1 Å². The minimum absolute atomic E-state index is 0.155. The Morgan fingerprint density at radius 2 is 2.04 bits per heavy atom. The van der Waals surface area contributed by atoms with Gasteiger partial charge in [0, 0.05) is 18.7 Å². The van der Waals surface area contributed by atoms with Crippen molar-refractivity contribution in [3.63, 3.8) is 0 Å². The summed E-state index contributed by atoms with van der Waals surface area (Å²) in [5.74, 6) is -0.684. The van der Waals surface area contributed by atoms with Gasteiger partial charge in [0.25, 0.3) is 0 Å². The predicted molar refractivity (Wildman–Crippen MR) is 101 cm³/mol. The van der Waals surface area contributed by atoms with Crippen LogP contribution in [-0.2, 0) is 4.74 Å². The van der Waals surface area contributed by atoms with Crippen LogP contribution in [0.2, 0.25) is 0 Å². The Bertz CT molecular complexity index is 895. The van der Waals surface area contributed by atoms with Gasteiger partial charge in [-0.2, -0.15) is 0 Å². The number of nitrogen functional groups attached to an aromatic ring is 1. The Kier molecular flexibility index (Phi) is 6.48. The molecule has 0 aliphatic carbocycles. The molecule has 4 rings (SSSR count). The van der Waals surface area contributed by atoms with Gasteiger partial charge in [-0.15, -0.1) is 5.10 Å². The number of fused-ring (bicyclic) bond motifs is 1. The van der Waals surface area contributed by atoms with Gasteiger partial charge in [0.15, 0.2) is 0 Å². The van der Waals surface area contributed by atoms with Crippen molar-refractivity contribution >= 4 is 11.5 Å². The number of aliphatic hydroxyl groups is 1. The topological polar surface area (TPSA) is 98.6 Å². The monoisotopic (exact) mass is 391 g/mol. The second-order valence-corrected chi connectivity index (χ2v) is 6.64. The number of rotatable bonds is 3. The molecule has 9 heteroatoms. The van der Waals surface area contributed by atoms with Gasteiger partial charge in [-0.25, -0.2) is 18.3 Å². The largest absolute Gasteiger partial charge is 0.391 e. The predicted octanol–water partition coefficient (Wildman–Crippen LogP) is 2.90. The van der Waals surface area contributed by atoms with E-state index in [0.29, 0.717) is 17.9 Å². The van der Waals surface area contributed by atoms with Crippen molar-refractivity contribution in [3.8, 4) is 11.4 Å². The molecule has 28 heavy (non-hydrogen) atoms. The van der Waals surface area contributed by atoms with Gasteiger partial charge in [-0.1, -0.05) is 13.0 Å². The minimum Gasteiger partial charge on any atom is -0.391 e. The third-order valence-electron chi connectivity index (χ3n) is 4.51. The van der Waals surface area contributed by atoms with Crippen LogP contribution in [0, 0.1) is 0 Å². The molecule has 3 aromatic heterocycles. The van der Waals surface area contributed by atoms with Crippen LogP contribution in [0.25, 0.3) is 16.9 Å². The van der Waals surface area contributed by atoms with Crippen molar-refractivity contribution in [1.82, 2.24) is 19.6 Å². The molecule has 0 saturated carbocycles.